The van der Waals surface area contributed by atoms with E-state index >= 15 is 0 Å². The van der Waals surface area contributed by atoms with Crippen LogP contribution in [0.2, 0.25) is 0 Å². The number of hydrogen-bond donors (Lipinski definition) is 0. The van der Waals surface area contributed by atoms with Crippen molar-refractivity contribution in [2.75, 3.05) is 7.05 Å². The second-order valence-electron chi connectivity index (χ2n) is 5.85. The zero-order valence-corrected chi connectivity index (χ0v) is 14.4. The van der Waals surface area contributed by atoms with Gasteiger partial charge in [0.1, 0.15) is 17.5 Å². The van der Waals surface area contributed by atoms with Gasteiger partial charge in [-0.2, -0.15) is 5.26 Å². The van der Waals surface area contributed by atoms with Crippen LogP contribution in [0.4, 0.5) is 4.39 Å². The van der Waals surface area contributed by atoms with E-state index in [0.29, 0.717) is 5.56 Å². The molecular formula is C21H21FN2O. The molecule has 2 aromatic rings. The number of halogens is 1. The quantitative estimate of drug-likeness (QED) is 0.565. The summed E-state index contributed by atoms with van der Waals surface area (Å²) in [6, 6.07) is 17.4. The number of hydrogen-bond acceptors (Lipinski definition) is 2. The Balaban J connectivity index is 2.28. The fourth-order valence-electron chi connectivity index (χ4n) is 2.73. The Bertz CT molecular complexity index is 776. The van der Waals surface area contributed by atoms with E-state index in [-0.39, 0.29) is 23.3 Å². The predicted octanol–water partition coefficient (Wildman–Crippen LogP) is 4.73. The molecule has 0 radical (unpaired) electrons. The second kappa shape index (κ2) is 8.79. The van der Waals surface area contributed by atoms with Crippen LogP contribution in [-0.4, -0.2) is 17.9 Å². The van der Waals surface area contributed by atoms with Gasteiger partial charge in [-0.05, 0) is 35.8 Å². The average Bonchev–Trinajstić information content (AvgIpc) is 2.65. The molecular weight excluding hydrogens is 315 g/mol. The number of likely N-dealkylation sites (N-methyl/N-ethyl adjacent to an activating group) is 1. The SMILES string of the molecule is CCCC(c1ccccc1)N(C)C(=O)/C(C#N)=C/c1ccc(F)cc1. The minimum Gasteiger partial charge on any atom is -0.334 e. The molecule has 1 atom stereocenters. The number of benzene rings is 2. The molecule has 1 unspecified atom stereocenters. The zero-order valence-electron chi connectivity index (χ0n) is 14.4. The molecule has 0 bridgehead atoms. The maximum absolute atomic E-state index is 13.0. The van der Waals surface area contributed by atoms with Gasteiger partial charge in [-0.15, -0.1) is 0 Å². The standard InChI is InChI=1S/C21H21FN2O/c1-3-7-20(17-8-5-4-6-9-17)24(2)21(25)18(15-23)14-16-10-12-19(22)13-11-16/h4-6,8-14,20H,3,7H2,1-2H3/b18-14+. The van der Waals surface area contributed by atoms with Crippen LogP contribution >= 0.6 is 0 Å². The molecule has 0 aliphatic rings. The van der Waals surface area contributed by atoms with Gasteiger partial charge >= 0.3 is 0 Å². The summed E-state index contributed by atoms with van der Waals surface area (Å²) >= 11 is 0. The van der Waals surface area contributed by atoms with E-state index in [1.807, 2.05) is 36.4 Å². The molecule has 0 fully saturated rings. The summed E-state index contributed by atoms with van der Waals surface area (Å²) in [4.78, 5) is 14.4. The predicted molar refractivity (Wildman–Crippen MR) is 96.9 cm³/mol. The normalized spacial score (nSPS) is 12.3. The van der Waals surface area contributed by atoms with E-state index < -0.39 is 0 Å². The maximum atomic E-state index is 13.0. The van der Waals surface area contributed by atoms with Crippen LogP contribution in [0.15, 0.2) is 60.2 Å². The summed E-state index contributed by atoms with van der Waals surface area (Å²) in [6.45, 7) is 2.06. The lowest BCUT2D eigenvalue weighted by Gasteiger charge is -2.28. The van der Waals surface area contributed by atoms with Gasteiger partial charge in [0, 0.05) is 7.05 Å². The third-order valence-corrected chi connectivity index (χ3v) is 4.07. The summed E-state index contributed by atoms with van der Waals surface area (Å²) in [7, 11) is 1.71. The molecule has 0 aromatic heterocycles. The van der Waals surface area contributed by atoms with Gasteiger partial charge in [0.2, 0.25) is 0 Å². The molecule has 2 aromatic carbocycles. The third-order valence-electron chi connectivity index (χ3n) is 4.07. The molecule has 0 spiro atoms. The highest BCUT2D eigenvalue weighted by molar-refractivity contribution is 6.01. The molecule has 0 saturated heterocycles. The fourth-order valence-corrected chi connectivity index (χ4v) is 2.73. The van der Waals surface area contributed by atoms with Crippen molar-refractivity contribution in [2.24, 2.45) is 0 Å². The Labute approximate surface area is 148 Å². The lowest BCUT2D eigenvalue weighted by atomic mass is 10.00. The minimum absolute atomic E-state index is 0.0335. The minimum atomic E-state index is -0.355. The van der Waals surface area contributed by atoms with E-state index in [2.05, 4.69) is 6.92 Å². The number of carbonyl (C=O) groups is 1. The topological polar surface area (TPSA) is 44.1 Å². The van der Waals surface area contributed by atoms with Crippen LogP contribution in [0.1, 0.15) is 36.9 Å². The average molecular weight is 336 g/mol. The monoisotopic (exact) mass is 336 g/mol. The van der Waals surface area contributed by atoms with Crippen LogP contribution in [-0.2, 0) is 4.79 Å². The lowest BCUT2D eigenvalue weighted by molar-refractivity contribution is -0.127. The maximum Gasteiger partial charge on any atom is 0.264 e. The molecule has 0 heterocycles. The highest BCUT2D eigenvalue weighted by Gasteiger charge is 2.23. The van der Waals surface area contributed by atoms with Crippen molar-refractivity contribution < 1.29 is 9.18 Å². The smallest absolute Gasteiger partial charge is 0.264 e. The molecule has 0 aliphatic carbocycles. The van der Waals surface area contributed by atoms with Crippen LogP contribution in [0.5, 0.6) is 0 Å². The molecule has 128 valence electrons. The van der Waals surface area contributed by atoms with Crippen molar-refractivity contribution in [2.45, 2.75) is 25.8 Å². The molecule has 2 rings (SSSR count). The van der Waals surface area contributed by atoms with Gasteiger partial charge in [-0.1, -0.05) is 55.8 Å². The largest absolute Gasteiger partial charge is 0.334 e. The van der Waals surface area contributed by atoms with Crippen molar-refractivity contribution >= 4 is 12.0 Å². The van der Waals surface area contributed by atoms with Crippen molar-refractivity contribution in [3.63, 3.8) is 0 Å². The summed E-state index contributed by atoms with van der Waals surface area (Å²) in [6.07, 6.45) is 3.22. The summed E-state index contributed by atoms with van der Waals surface area (Å²) in [5.74, 6) is -0.694. The lowest BCUT2D eigenvalue weighted by Crippen LogP contribution is -2.32. The Morgan fingerprint density at radius 1 is 1.20 bits per heavy atom. The zero-order chi connectivity index (χ0) is 18.2. The number of nitriles is 1. The van der Waals surface area contributed by atoms with Crippen molar-refractivity contribution in [3.8, 4) is 6.07 Å². The number of rotatable bonds is 6. The van der Waals surface area contributed by atoms with Crippen LogP contribution in [0, 0.1) is 17.1 Å². The molecule has 25 heavy (non-hydrogen) atoms. The second-order valence-corrected chi connectivity index (χ2v) is 5.85. The highest BCUT2D eigenvalue weighted by atomic mass is 19.1. The first kappa shape index (κ1) is 18.4. The molecule has 0 aliphatic heterocycles. The van der Waals surface area contributed by atoms with E-state index in [1.54, 1.807) is 24.1 Å². The summed E-state index contributed by atoms with van der Waals surface area (Å²) < 4.78 is 13.0. The van der Waals surface area contributed by atoms with E-state index in [0.717, 1.165) is 18.4 Å². The van der Waals surface area contributed by atoms with Gasteiger partial charge in [-0.3, -0.25) is 4.79 Å². The van der Waals surface area contributed by atoms with Gasteiger partial charge in [0.25, 0.3) is 5.91 Å². The van der Waals surface area contributed by atoms with E-state index in [9.17, 15) is 14.4 Å². The Morgan fingerprint density at radius 2 is 1.84 bits per heavy atom. The van der Waals surface area contributed by atoms with Crippen molar-refractivity contribution in [1.82, 2.24) is 4.90 Å². The molecule has 4 heteroatoms. The Morgan fingerprint density at radius 3 is 2.40 bits per heavy atom. The van der Waals surface area contributed by atoms with E-state index in [4.69, 9.17) is 0 Å². The first-order valence-electron chi connectivity index (χ1n) is 8.26. The number of amides is 1. The third kappa shape index (κ3) is 4.77. The fraction of sp³-hybridized carbons (Fsp3) is 0.238. The Kier molecular flexibility index (Phi) is 6.47. The highest BCUT2D eigenvalue weighted by Crippen LogP contribution is 2.26. The first-order valence-corrected chi connectivity index (χ1v) is 8.26. The first-order chi connectivity index (χ1) is 12.1. The van der Waals surface area contributed by atoms with Crippen molar-refractivity contribution in [3.05, 3.63) is 77.1 Å². The summed E-state index contributed by atoms with van der Waals surface area (Å²) in [5, 5.41) is 9.40. The number of nitrogens with zero attached hydrogens (tertiary/aromatic N) is 2. The molecule has 0 saturated carbocycles. The molecule has 1 amide bonds. The van der Waals surface area contributed by atoms with Crippen LogP contribution < -0.4 is 0 Å². The summed E-state index contributed by atoms with van der Waals surface area (Å²) in [5.41, 5.74) is 1.69. The molecule has 3 nitrogen and oxygen atoms in total. The van der Waals surface area contributed by atoms with Crippen LogP contribution in [0.25, 0.3) is 6.08 Å². The van der Waals surface area contributed by atoms with Crippen LogP contribution in [0.3, 0.4) is 0 Å². The van der Waals surface area contributed by atoms with Gasteiger partial charge in [0.15, 0.2) is 0 Å². The van der Waals surface area contributed by atoms with Gasteiger partial charge in [0.05, 0.1) is 6.04 Å². The molecule has 0 N–H and O–H groups in total. The van der Waals surface area contributed by atoms with Gasteiger partial charge < -0.3 is 4.90 Å². The number of carbonyl (C=O) groups excluding carboxylic acids is 1. The van der Waals surface area contributed by atoms with Gasteiger partial charge in [-0.25, -0.2) is 4.39 Å². The Hall–Kier alpha value is -2.93. The van der Waals surface area contributed by atoms with E-state index in [1.165, 1.54) is 18.2 Å². The van der Waals surface area contributed by atoms with Crippen molar-refractivity contribution in [1.29, 1.82) is 5.26 Å².